The summed E-state index contributed by atoms with van der Waals surface area (Å²) in [5, 5.41) is 0. The van der Waals surface area contributed by atoms with Gasteiger partial charge in [-0.1, -0.05) is 18.6 Å². The molecule has 4 saturated carbocycles. The Bertz CT molecular complexity index is 821. The Morgan fingerprint density at radius 3 is 2.85 bits per heavy atom. The van der Waals surface area contributed by atoms with Crippen LogP contribution in [0.2, 0.25) is 0 Å². The van der Waals surface area contributed by atoms with Crippen molar-refractivity contribution >= 4 is 11.8 Å². The van der Waals surface area contributed by atoms with Gasteiger partial charge in [-0.2, -0.15) is 0 Å². The molecule has 142 valence electrons. The standard InChI is InChI=1S/C24H28O3/c1-3-13-10-14-11-15(25)4-5-16(14)17-6-8-23(2)22(21(13)17)18-12-19(18)24(23)9-7-20(26)27-24/h3,7,9,11,13,16-19,21-22H,1,4-6,8,10,12H2,2H3/t13-,16+,17-,18-,19+,21-,22+,23+,24+/m1/s1. The molecular weight excluding hydrogens is 336 g/mol. The number of rotatable bonds is 1. The van der Waals surface area contributed by atoms with Crippen molar-refractivity contribution in [2.24, 2.45) is 46.8 Å². The highest BCUT2D eigenvalue weighted by Crippen LogP contribution is 2.78. The molecule has 0 aromatic carbocycles. The van der Waals surface area contributed by atoms with E-state index in [2.05, 4.69) is 25.7 Å². The van der Waals surface area contributed by atoms with Crippen molar-refractivity contribution in [3.05, 3.63) is 36.5 Å². The lowest BCUT2D eigenvalue weighted by Crippen LogP contribution is -2.56. The fourth-order valence-corrected chi connectivity index (χ4v) is 8.46. The molecule has 0 aromatic heterocycles. The molecule has 0 saturated heterocycles. The van der Waals surface area contributed by atoms with Crippen molar-refractivity contribution in [1.82, 2.24) is 0 Å². The van der Waals surface area contributed by atoms with E-state index in [4.69, 9.17) is 4.74 Å². The van der Waals surface area contributed by atoms with E-state index in [1.807, 2.05) is 6.08 Å². The second-order valence-electron chi connectivity index (χ2n) is 10.2. The molecular formula is C24H28O3. The first-order valence-electron chi connectivity index (χ1n) is 10.8. The number of hydrogen-bond donors (Lipinski definition) is 0. The van der Waals surface area contributed by atoms with Crippen molar-refractivity contribution in [3.63, 3.8) is 0 Å². The summed E-state index contributed by atoms with van der Waals surface area (Å²) in [4.78, 5) is 24.0. The molecule has 1 heterocycles. The summed E-state index contributed by atoms with van der Waals surface area (Å²) in [7, 11) is 0. The zero-order chi connectivity index (χ0) is 18.6. The van der Waals surface area contributed by atoms with E-state index in [1.54, 1.807) is 6.08 Å². The summed E-state index contributed by atoms with van der Waals surface area (Å²) < 4.78 is 6.07. The molecule has 4 fully saturated rings. The Kier molecular flexibility index (Phi) is 3.05. The van der Waals surface area contributed by atoms with Gasteiger partial charge in [-0.25, -0.2) is 4.79 Å². The molecule has 9 atom stereocenters. The average molecular weight is 364 g/mol. The van der Waals surface area contributed by atoms with Gasteiger partial charge in [0.15, 0.2) is 5.78 Å². The van der Waals surface area contributed by atoms with Crippen molar-refractivity contribution in [3.8, 4) is 0 Å². The van der Waals surface area contributed by atoms with Crippen LogP contribution in [0.15, 0.2) is 36.5 Å². The van der Waals surface area contributed by atoms with Crippen LogP contribution in [0.25, 0.3) is 0 Å². The lowest BCUT2D eigenvalue weighted by molar-refractivity contribution is -0.169. The predicted molar refractivity (Wildman–Crippen MR) is 101 cm³/mol. The first kappa shape index (κ1) is 16.3. The topological polar surface area (TPSA) is 43.4 Å². The largest absolute Gasteiger partial charge is 0.451 e. The van der Waals surface area contributed by atoms with E-state index in [-0.39, 0.29) is 17.0 Å². The summed E-state index contributed by atoms with van der Waals surface area (Å²) in [5.41, 5.74) is 1.10. The van der Waals surface area contributed by atoms with Gasteiger partial charge >= 0.3 is 5.97 Å². The minimum absolute atomic E-state index is 0.0530. The summed E-state index contributed by atoms with van der Waals surface area (Å²) >= 11 is 0. The number of ether oxygens (including phenoxy) is 1. The highest BCUT2D eigenvalue weighted by atomic mass is 16.6. The van der Waals surface area contributed by atoms with Crippen molar-refractivity contribution in [1.29, 1.82) is 0 Å². The molecule has 6 aliphatic rings. The van der Waals surface area contributed by atoms with Crippen molar-refractivity contribution in [2.45, 2.75) is 51.0 Å². The van der Waals surface area contributed by atoms with Crippen LogP contribution in [0.3, 0.4) is 0 Å². The zero-order valence-electron chi connectivity index (χ0n) is 16.0. The van der Waals surface area contributed by atoms with Gasteiger partial charge in [-0.3, -0.25) is 4.79 Å². The molecule has 0 radical (unpaired) electrons. The molecule has 3 heteroatoms. The van der Waals surface area contributed by atoms with Gasteiger partial charge in [0.25, 0.3) is 0 Å². The molecule has 0 aromatic rings. The Morgan fingerprint density at radius 2 is 2.11 bits per heavy atom. The van der Waals surface area contributed by atoms with Gasteiger partial charge in [-0.05, 0) is 79.8 Å². The number of carbonyl (C=O) groups is 2. The fraction of sp³-hybridized carbons (Fsp3) is 0.667. The molecule has 0 bridgehead atoms. The van der Waals surface area contributed by atoms with Crippen molar-refractivity contribution < 1.29 is 14.3 Å². The zero-order valence-corrected chi connectivity index (χ0v) is 16.0. The molecule has 0 N–H and O–H groups in total. The SMILES string of the molecule is C=C[C@@H]1CC2=CC(=O)CC[C@@H]2[C@H]2CC[C@@]3(C)[C@@H]([C@@H]4C[C@@H]4[C@@]34C=CC(=O)O4)[C@@H]21. The van der Waals surface area contributed by atoms with E-state index < -0.39 is 0 Å². The number of fused-ring (bicyclic) bond motifs is 9. The predicted octanol–water partition coefficient (Wildman–Crippen LogP) is 4.25. The molecule has 3 nitrogen and oxygen atoms in total. The highest BCUT2D eigenvalue weighted by molar-refractivity contribution is 5.91. The quantitative estimate of drug-likeness (QED) is 0.516. The maximum Gasteiger partial charge on any atom is 0.331 e. The van der Waals surface area contributed by atoms with E-state index in [1.165, 1.54) is 18.4 Å². The minimum Gasteiger partial charge on any atom is -0.451 e. The maximum absolute atomic E-state index is 12.0. The number of ketones is 1. The van der Waals surface area contributed by atoms with E-state index >= 15 is 0 Å². The van der Waals surface area contributed by atoms with Crippen LogP contribution in [0.1, 0.15) is 45.4 Å². The third-order valence-corrected chi connectivity index (χ3v) is 9.43. The van der Waals surface area contributed by atoms with Gasteiger partial charge in [0, 0.05) is 23.8 Å². The first-order valence-corrected chi connectivity index (χ1v) is 10.8. The summed E-state index contributed by atoms with van der Waals surface area (Å²) in [6, 6.07) is 0. The molecule has 1 aliphatic heterocycles. The van der Waals surface area contributed by atoms with Crippen LogP contribution in [0.5, 0.6) is 0 Å². The van der Waals surface area contributed by atoms with E-state index in [0.29, 0.717) is 53.6 Å². The molecule has 6 rings (SSSR count). The van der Waals surface area contributed by atoms with Gasteiger partial charge in [-0.15, -0.1) is 6.58 Å². The van der Waals surface area contributed by atoms with E-state index in [0.717, 1.165) is 19.3 Å². The molecule has 5 aliphatic carbocycles. The third-order valence-electron chi connectivity index (χ3n) is 9.43. The molecule has 1 spiro atoms. The molecule has 0 amide bonds. The Balaban J connectivity index is 1.43. The number of hydrogen-bond acceptors (Lipinski definition) is 3. The molecule has 0 unspecified atom stereocenters. The second kappa shape index (κ2) is 5.04. The van der Waals surface area contributed by atoms with Gasteiger partial charge in [0.2, 0.25) is 0 Å². The lowest BCUT2D eigenvalue weighted by Gasteiger charge is -2.58. The number of allylic oxidation sites excluding steroid dienone is 2. The van der Waals surface area contributed by atoms with Crippen molar-refractivity contribution in [2.75, 3.05) is 0 Å². The summed E-state index contributed by atoms with van der Waals surface area (Å²) in [6.45, 7) is 6.60. The van der Waals surface area contributed by atoms with E-state index in [9.17, 15) is 9.59 Å². The van der Waals surface area contributed by atoms with Gasteiger partial charge in [0.1, 0.15) is 5.60 Å². The Labute approximate surface area is 160 Å². The minimum atomic E-state index is -0.352. The Hall–Kier alpha value is -1.64. The summed E-state index contributed by atoms with van der Waals surface area (Å²) in [5.74, 6) is 4.31. The Morgan fingerprint density at radius 1 is 1.26 bits per heavy atom. The smallest absolute Gasteiger partial charge is 0.331 e. The number of carbonyl (C=O) groups excluding carboxylic acids is 2. The van der Waals surface area contributed by atoms with Crippen LogP contribution in [-0.4, -0.2) is 17.4 Å². The monoisotopic (exact) mass is 364 g/mol. The number of esters is 1. The molecule has 27 heavy (non-hydrogen) atoms. The second-order valence-corrected chi connectivity index (χ2v) is 10.2. The van der Waals surface area contributed by atoms with Crippen LogP contribution in [-0.2, 0) is 14.3 Å². The lowest BCUT2D eigenvalue weighted by atomic mass is 9.47. The van der Waals surface area contributed by atoms with Gasteiger partial charge < -0.3 is 4.74 Å². The van der Waals surface area contributed by atoms with Crippen LogP contribution >= 0.6 is 0 Å². The van der Waals surface area contributed by atoms with Gasteiger partial charge in [0.05, 0.1) is 0 Å². The van der Waals surface area contributed by atoms with Crippen LogP contribution < -0.4 is 0 Å². The van der Waals surface area contributed by atoms with Crippen LogP contribution in [0.4, 0.5) is 0 Å². The maximum atomic E-state index is 12.0. The third kappa shape index (κ3) is 1.84. The normalized spacial score (nSPS) is 54.6. The first-order chi connectivity index (χ1) is 13.0. The van der Waals surface area contributed by atoms with Crippen LogP contribution in [0, 0.1) is 46.8 Å². The average Bonchev–Trinajstić information content (AvgIpc) is 3.29. The summed E-state index contributed by atoms with van der Waals surface area (Å²) in [6.07, 6.45) is 14.2. The fourth-order valence-electron chi connectivity index (χ4n) is 8.46. The highest BCUT2D eigenvalue weighted by Gasteiger charge is 2.78.